The molecule has 0 radical (unpaired) electrons. The van der Waals surface area contributed by atoms with Crippen LogP contribution in [-0.2, 0) is 19.6 Å². The molecule has 0 aliphatic carbocycles. The van der Waals surface area contributed by atoms with E-state index >= 15 is 0 Å². The summed E-state index contributed by atoms with van der Waals surface area (Å²) in [7, 11) is -2.38. The summed E-state index contributed by atoms with van der Waals surface area (Å²) in [5.74, 6) is 0.564. The number of hydrazine groups is 1. The minimum absolute atomic E-state index is 0.0757. The van der Waals surface area contributed by atoms with Gasteiger partial charge in [-0.3, -0.25) is 10.1 Å². The number of likely N-dealkylation sites (tertiary alicyclic amines) is 1. The third-order valence-corrected chi connectivity index (χ3v) is 10.9. The SMILES string of the molecule is COC(=O)Nc1ccc(S(=O)(=O)N2CCC(C3CCN4C(C3)C(C(=O)N3CCCC3)C(C)[N+]4=O)CC2)cc1. The number of rotatable bonds is 5. The molecule has 0 spiro atoms. The van der Waals surface area contributed by atoms with Gasteiger partial charge in [0.25, 0.3) is 0 Å². The number of anilines is 1. The van der Waals surface area contributed by atoms with Crippen LogP contribution in [0.15, 0.2) is 29.2 Å². The van der Waals surface area contributed by atoms with Crippen LogP contribution < -0.4 is 5.32 Å². The molecule has 4 aliphatic rings. The standard InChI is InChI=1S/C26H37N5O6S/c1-18-24(25(32)28-12-3-4-13-28)23-17-20(11-16-30(23)31(18)34)19-9-14-29(15-10-19)38(35,36)22-7-5-21(6-8-22)27-26(33)37-2/h5-8,18-20,23-24H,3-4,9-17H2,1-2H3/p+1. The third kappa shape index (κ3) is 5.00. The van der Waals surface area contributed by atoms with Gasteiger partial charge in [-0.25, -0.2) is 13.2 Å². The van der Waals surface area contributed by atoms with E-state index in [0.717, 1.165) is 56.5 Å². The second-order valence-corrected chi connectivity index (χ2v) is 12.9. The average molecular weight is 549 g/mol. The number of hydrogen-bond donors (Lipinski definition) is 1. The summed E-state index contributed by atoms with van der Waals surface area (Å²) < 4.78 is 32.6. The Morgan fingerprint density at radius 2 is 1.61 bits per heavy atom. The Hall–Kier alpha value is -2.73. The minimum Gasteiger partial charge on any atom is -0.453 e. The second-order valence-electron chi connectivity index (χ2n) is 11.0. The number of nitrogens with zero attached hydrogens (tertiary/aromatic N) is 4. The van der Waals surface area contributed by atoms with E-state index in [-0.39, 0.29) is 28.8 Å². The number of nitrogens with one attached hydrogen (secondary N) is 1. The molecular weight excluding hydrogens is 510 g/mol. The Kier molecular flexibility index (Phi) is 7.63. The van der Waals surface area contributed by atoms with Crippen molar-refractivity contribution >= 4 is 27.7 Å². The monoisotopic (exact) mass is 548 g/mol. The first kappa shape index (κ1) is 26.9. The molecule has 4 unspecified atom stereocenters. The molecule has 4 saturated heterocycles. The summed E-state index contributed by atoms with van der Waals surface area (Å²) in [4.78, 5) is 40.8. The maximum Gasteiger partial charge on any atom is 0.411 e. The van der Waals surface area contributed by atoms with Gasteiger partial charge in [-0.15, -0.1) is 5.01 Å². The molecule has 1 N–H and O–H groups in total. The Morgan fingerprint density at radius 1 is 0.974 bits per heavy atom. The van der Waals surface area contributed by atoms with Crippen LogP contribution in [0.1, 0.15) is 45.4 Å². The number of piperidine rings is 2. The molecule has 4 aliphatic heterocycles. The van der Waals surface area contributed by atoms with Crippen LogP contribution in [0.5, 0.6) is 0 Å². The fraction of sp³-hybridized carbons (Fsp3) is 0.692. The molecule has 11 nitrogen and oxygen atoms in total. The van der Waals surface area contributed by atoms with Crippen LogP contribution in [0.25, 0.3) is 0 Å². The molecule has 12 heteroatoms. The molecule has 0 saturated carbocycles. The highest BCUT2D eigenvalue weighted by Gasteiger charge is 2.59. The second kappa shape index (κ2) is 10.8. The van der Waals surface area contributed by atoms with Gasteiger partial charge in [0.05, 0.1) is 23.5 Å². The zero-order chi connectivity index (χ0) is 27.0. The van der Waals surface area contributed by atoms with E-state index in [0.29, 0.717) is 37.2 Å². The van der Waals surface area contributed by atoms with E-state index in [1.54, 1.807) is 12.1 Å². The van der Waals surface area contributed by atoms with Crippen LogP contribution in [-0.4, -0.2) is 91.4 Å². The summed E-state index contributed by atoms with van der Waals surface area (Å²) in [5, 5.41) is 4.39. The van der Waals surface area contributed by atoms with E-state index in [1.165, 1.54) is 23.5 Å². The Labute approximate surface area is 224 Å². The lowest BCUT2D eigenvalue weighted by Crippen LogP contribution is -2.49. The molecule has 1 aromatic carbocycles. The lowest BCUT2D eigenvalue weighted by Gasteiger charge is -2.40. The fourth-order valence-corrected chi connectivity index (χ4v) is 8.32. The first-order chi connectivity index (χ1) is 18.2. The van der Waals surface area contributed by atoms with Crippen molar-refractivity contribution in [2.24, 2.45) is 17.8 Å². The smallest absolute Gasteiger partial charge is 0.411 e. The average Bonchev–Trinajstić information content (AvgIpc) is 3.56. The highest BCUT2D eigenvalue weighted by atomic mass is 32.2. The highest BCUT2D eigenvalue weighted by Crippen LogP contribution is 2.42. The van der Waals surface area contributed by atoms with E-state index in [9.17, 15) is 22.9 Å². The molecule has 0 aromatic heterocycles. The Bertz CT molecular complexity index is 1160. The van der Waals surface area contributed by atoms with Crippen molar-refractivity contribution in [2.45, 2.75) is 62.4 Å². The maximum absolute atomic E-state index is 13.4. The number of hydrogen-bond acceptors (Lipinski definition) is 6. The number of nitroso groups, excluding NO2 is 1. The topological polar surface area (TPSA) is 119 Å². The summed E-state index contributed by atoms with van der Waals surface area (Å²) in [6, 6.07) is 5.66. The van der Waals surface area contributed by atoms with E-state index in [1.807, 2.05) is 16.8 Å². The van der Waals surface area contributed by atoms with Crippen molar-refractivity contribution in [1.29, 1.82) is 0 Å². The van der Waals surface area contributed by atoms with Crippen molar-refractivity contribution in [3.05, 3.63) is 29.2 Å². The highest BCUT2D eigenvalue weighted by molar-refractivity contribution is 7.89. The van der Waals surface area contributed by atoms with Crippen LogP contribution in [0.3, 0.4) is 0 Å². The van der Waals surface area contributed by atoms with Crippen molar-refractivity contribution in [1.82, 2.24) is 14.2 Å². The predicted octanol–water partition coefficient (Wildman–Crippen LogP) is 2.68. The van der Waals surface area contributed by atoms with Crippen LogP contribution >= 0.6 is 0 Å². The summed E-state index contributed by atoms with van der Waals surface area (Å²) in [5.41, 5.74) is 0.459. The molecule has 1 aromatic rings. The van der Waals surface area contributed by atoms with Gasteiger partial charge in [-0.2, -0.15) is 4.31 Å². The quantitative estimate of drug-likeness (QED) is 0.562. The van der Waals surface area contributed by atoms with Gasteiger partial charge in [-0.05, 0) is 74.6 Å². The van der Waals surface area contributed by atoms with Gasteiger partial charge in [0.15, 0.2) is 0 Å². The van der Waals surface area contributed by atoms with E-state index in [4.69, 9.17) is 0 Å². The zero-order valence-corrected chi connectivity index (χ0v) is 22.9. The van der Waals surface area contributed by atoms with Gasteiger partial charge in [-0.1, -0.05) is 0 Å². The number of carbonyl (C=O) groups is 2. The van der Waals surface area contributed by atoms with Gasteiger partial charge in [0, 0.05) is 38.8 Å². The number of fused-ring (bicyclic) bond motifs is 1. The molecule has 4 fully saturated rings. The summed E-state index contributed by atoms with van der Waals surface area (Å²) in [6.07, 6.45) is 4.66. The number of ether oxygens (including phenoxy) is 1. The molecule has 5 rings (SSSR count). The molecule has 4 atom stereocenters. The van der Waals surface area contributed by atoms with Gasteiger partial charge >= 0.3 is 6.09 Å². The normalized spacial score (nSPS) is 28.8. The molecule has 4 heterocycles. The van der Waals surface area contributed by atoms with Crippen LogP contribution in [0.2, 0.25) is 0 Å². The van der Waals surface area contributed by atoms with Crippen LogP contribution in [0, 0.1) is 22.7 Å². The van der Waals surface area contributed by atoms with Crippen molar-refractivity contribution in [3.8, 4) is 0 Å². The van der Waals surface area contributed by atoms with Crippen molar-refractivity contribution in [2.75, 3.05) is 45.2 Å². The predicted molar refractivity (Wildman–Crippen MR) is 140 cm³/mol. The Morgan fingerprint density at radius 3 is 2.24 bits per heavy atom. The fourth-order valence-electron chi connectivity index (χ4n) is 6.85. The van der Waals surface area contributed by atoms with Crippen molar-refractivity contribution < 1.29 is 27.6 Å². The lowest BCUT2D eigenvalue weighted by atomic mass is 9.74. The third-order valence-electron chi connectivity index (χ3n) is 8.98. The van der Waals surface area contributed by atoms with Gasteiger partial charge in [0.2, 0.25) is 22.0 Å². The van der Waals surface area contributed by atoms with E-state index in [2.05, 4.69) is 10.1 Å². The van der Waals surface area contributed by atoms with E-state index < -0.39 is 16.1 Å². The minimum atomic E-state index is -3.64. The van der Waals surface area contributed by atoms with Gasteiger partial charge in [0.1, 0.15) is 16.8 Å². The number of methoxy groups -OCH3 is 1. The maximum atomic E-state index is 13.4. The molecular formula is C26H38N5O6S+. The largest absolute Gasteiger partial charge is 0.453 e. The molecule has 0 bridgehead atoms. The Balaban J connectivity index is 1.21. The molecule has 208 valence electrons. The van der Waals surface area contributed by atoms with Crippen molar-refractivity contribution in [3.63, 3.8) is 0 Å². The summed E-state index contributed by atoms with van der Waals surface area (Å²) in [6.45, 7) is 4.99. The zero-order valence-electron chi connectivity index (χ0n) is 22.1. The number of benzene rings is 1. The summed E-state index contributed by atoms with van der Waals surface area (Å²) >= 11 is 0. The number of sulfonamides is 1. The number of amides is 2. The van der Waals surface area contributed by atoms with Crippen LogP contribution in [0.4, 0.5) is 10.5 Å². The lowest BCUT2D eigenvalue weighted by molar-refractivity contribution is -0.716. The molecule has 38 heavy (non-hydrogen) atoms. The first-order valence-electron chi connectivity index (χ1n) is 13.7. The molecule has 2 amide bonds. The number of carbonyl (C=O) groups excluding carboxylic acids is 2. The van der Waals surface area contributed by atoms with Gasteiger partial charge < -0.3 is 9.64 Å². The first-order valence-corrected chi connectivity index (χ1v) is 15.1.